The van der Waals surface area contributed by atoms with Crippen molar-refractivity contribution in [3.63, 3.8) is 0 Å². The normalized spacial score (nSPS) is 22.1. The fraction of sp³-hybridized carbons (Fsp3) is 0.538. The van der Waals surface area contributed by atoms with Crippen LogP contribution in [0.5, 0.6) is 0 Å². The zero-order chi connectivity index (χ0) is 24.2. The number of hydrogen-bond donors (Lipinski definition) is 2. The summed E-state index contributed by atoms with van der Waals surface area (Å²) in [6.07, 6.45) is 7.87. The number of benzene rings is 1. The molecule has 3 unspecified atom stereocenters. The van der Waals surface area contributed by atoms with E-state index in [1.165, 1.54) is 44.2 Å². The fourth-order valence-corrected chi connectivity index (χ4v) is 5.25. The van der Waals surface area contributed by atoms with E-state index < -0.39 is 5.82 Å². The molecule has 180 valence electrons. The molecule has 2 aliphatic rings. The Morgan fingerprint density at radius 3 is 2.68 bits per heavy atom. The molecule has 2 aromatic rings. The summed E-state index contributed by atoms with van der Waals surface area (Å²) in [5.74, 6) is 0.641. The summed E-state index contributed by atoms with van der Waals surface area (Å²) < 4.78 is 14.2. The summed E-state index contributed by atoms with van der Waals surface area (Å²) in [6, 6.07) is 8.33. The van der Waals surface area contributed by atoms with Crippen LogP contribution >= 0.6 is 0 Å². The van der Waals surface area contributed by atoms with Gasteiger partial charge in [0.2, 0.25) is 11.9 Å². The number of piperidine rings is 1. The number of hydrogen-bond acceptors (Lipinski definition) is 6. The summed E-state index contributed by atoms with van der Waals surface area (Å²) in [7, 11) is 0. The Kier molecular flexibility index (Phi) is 7.30. The molecule has 0 spiro atoms. The molecule has 1 amide bonds. The van der Waals surface area contributed by atoms with E-state index in [2.05, 4.69) is 34.0 Å². The average Bonchev–Trinajstić information content (AvgIpc) is 2.84. The van der Waals surface area contributed by atoms with Crippen LogP contribution in [0.4, 0.5) is 16.2 Å². The number of nitrogen functional groups attached to an aromatic ring is 1. The highest BCUT2D eigenvalue weighted by Gasteiger charge is 2.32. The third kappa shape index (κ3) is 5.30. The summed E-state index contributed by atoms with van der Waals surface area (Å²) in [4.78, 5) is 23.9. The second-order valence-corrected chi connectivity index (χ2v) is 9.75. The van der Waals surface area contributed by atoms with Gasteiger partial charge in [0, 0.05) is 30.3 Å². The van der Waals surface area contributed by atoms with E-state index in [1.807, 2.05) is 6.07 Å². The Bertz CT molecular complexity index is 1080. The maximum atomic E-state index is 14.2. The number of nitriles is 1. The predicted octanol–water partition coefficient (Wildman–Crippen LogP) is 4.43. The van der Waals surface area contributed by atoms with Crippen molar-refractivity contribution in [3.05, 3.63) is 35.6 Å². The van der Waals surface area contributed by atoms with Crippen molar-refractivity contribution in [2.45, 2.75) is 70.9 Å². The van der Waals surface area contributed by atoms with E-state index in [0.29, 0.717) is 29.5 Å². The Balaban J connectivity index is 1.51. The van der Waals surface area contributed by atoms with Crippen molar-refractivity contribution in [1.82, 2.24) is 15.3 Å². The molecule has 1 aliphatic heterocycles. The topological polar surface area (TPSA) is 108 Å². The molecule has 1 saturated heterocycles. The largest absolute Gasteiger partial charge is 0.368 e. The number of carbonyl (C=O) groups excluding carboxylic acids is 1. The van der Waals surface area contributed by atoms with Gasteiger partial charge in [-0.25, -0.2) is 9.37 Å². The number of nitrogens with one attached hydrogen (secondary N) is 1. The lowest BCUT2D eigenvalue weighted by Gasteiger charge is -2.39. The minimum atomic E-state index is -0.603. The van der Waals surface area contributed by atoms with Gasteiger partial charge in [0.25, 0.3) is 0 Å². The van der Waals surface area contributed by atoms with Gasteiger partial charge in [0.15, 0.2) is 0 Å². The molecule has 1 aromatic carbocycles. The molecular formula is C26H33FN6O. The molecule has 34 heavy (non-hydrogen) atoms. The van der Waals surface area contributed by atoms with Gasteiger partial charge in [-0.05, 0) is 57.6 Å². The van der Waals surface area contributed by atoms with E-state index >= 15 is 0 Å². The van der Waals surface area contributed by atoms with Crippen molar-refractivity contribution >= 4 is 17.7 Å². The van der Waals surface area contributed by atoms with Gasteiger partial charge >= 0.3 is 0 Å². The van der Waals surface area contributed by atoms with Crippen LogP contribution in [-0.4, -0.2) is 34.5 Å². The summed E-state index contributed by atoms with van der Waals surface area (Å²) >= 11 is 0. The van der Waals surface area contributed by atoms with Gasteiger partial charge in [-0.1, -0.05) is 25.3 Å². The summed E-state index contributed by atoms with van der Waals surface area (Å²) in [5, 5.41) is 12.3. The van der Waals surface area contributed by atoms with Crippen LogP contribution in [0.1, 0.15) is 64.4 Å². The molecule has 8 heteroatoms. The number of rotatable bonds is 5. The molecule has 1 saturated carbocycles. The van der Waals surface area contributed by atoms with Gasteiger partial charge < -0.3 is 16.0 Å². The third-order valence-corrected chi connectivity index (χ3v) is 7.39. The minimum absolute atomic E-state index is 0.0213. The first-order valence-corrected chi connectivity index (χ1v) is 12.3. The Morgan fingerprint density at radius 2 is 1.97 bits per heavy atom. The molecule has 1 aromatic heterocycles. The molecule has 3 N–H and O–H groups in total. The van der Waals surface area contributed by atoms with Crippen molar-refractivity contribution in [2.75, 3.05) is 17.2 Å². The Hall–Kier alpha value is -3.21. The van der Waals surface area contributed by atoms with Crippen LogP contribution < -0.4 is 16.0 Å². The van der Waals surface area contributed by atoms with Gasteiger partial charge in [0.1, 0.15) is 17.7 Å². The van der Waals surface area contributed by atoms with Gasteiger partial charge in [-0.15, -0.1) is 0 Å². The van der Waals surface area contributed by atoms with Crippen LogP contribution in [0.15, 0.2) is 24.3 Å². The first kappa shape index (κ1) is 23.9. The molecule has 2 fully saturated rings. The standard InChI is InChI=1S/C26H33FN6O/c1-16-8-9-21(25(34)30-17(2)18-6-4-3-5-7-18)15-33(16)24-13-23(31-26(29)32-24)19-10-11-20(14-28)22(27)12-19/h10-13,16-18,21H,3-9,15H2,1-2H3,(H,30,34)(H2,29,31,32). The van der Waals surface area contributed by atoms with Gasteiger partial charge in [0.05, 0.1) is 17.2 Å². The SMILES string of the molecule is CC(NC(=O)C1CCC(C)N(c2cc(-c3ccc(C#N)c(F)c3)nc(N)n2)C1)C1CCCCC1. The van der Waals surface area contributed by atoms with Crippen LogP contribution in [0.25, 0.3) is 11.3 Å². The lowest BCUT2D eigenvalue weighted by atomic mass is 9.84. The molecule has 0 radical (unpaired) electrons. The number of anilines is 2. The van der Waals surface area contributed by atoms with Crippen molar-refractivity contribution in [2.24, 2.45) is 11.8 Å². The zero-order valence-electron chi connectivity index (χ0n) is 19.9. The second-order valence-electron chi connectivity index (χ2n) is 9.75. The average molecular weight is 465 g/mol. The Morgan fingerprint density at radius 1 is 1.21 bits per heavy atom. The molecule has 0 bridgehead atoms. The first-order chi connectivity index (χ1) is 16.4. The van der Waals surface area contributed by atoms with E-state index in [9.17, 15) is 9.18 Å². The highest BCUT2D eigenvalue weighted by Crippen LogP contribution is 2.31. The van der Waals surface area contributed by atoms with E-state index in [0.717, 1.165) is 12.8 Å². The van der Waals surface area contributed by atoms with Crippen molar-refractivity contribution in [1.29, 1.82) is 5.26 Å². The molecule has 4 rings (SSSR count). The zero-order valence-corrected chi connectivity index (χ0v) is 19.9. The van der Waals surface area contributed by atoms with E-state index in [1.54, 1.807) is 12.1 Å². The number of halogens is 1. The molecular weight excluding hydrogens is 431 g/mol. The number of amides is 1. The number of nitrogens with zero attached hydrogens (tertiary/aromatic N) is 4. The molecule has 7 nitrogen and oxygen atoms in total. The number of carbonyl (C=O) groups is 1. The van der Waals surface area contributed by atoms with Gasteiger partial charge in [-0.2, -0.15) is 10.2 Å². The lowest BCUT2D eigenvalue weighted by Crippen LogP contribution is -2.50. The molecule has 2 heterocycles. The van der Waals surface area contributed by atoms with Crippen LogP contribution in [0.3, 0.4) is 0 Å². The third-order valence-electron chi connectivity index (χ3n) is 7.39. The highest BCUT2D eigenvalue weighted by molar-refractivity contribution is 5.80. The van der Waals surface area contributed by atoms with Crippen molar-refractivity contribution in [3.8, 4) is 17.3 Å². The smallest absolute Gasteiger partial charge is 0.225 e. The maximum absolute atomic E-state index is 14.2. The monoisotopic (exact) mass is 464 g/mol. The predicted molar refractivity (Wildman–Crippen MR) is 130 cm³/mol. The number of nitrogens with two attached hydrogens (primary N) is 1. The summed E-state index contributed by atoms with van der Waals surface area (Å²) in [6.45, 7) is 4.78. The maximum Gasteiger partial charge on any atom is 0.225 e. The highest BCUT2D eigenvalue weighted by atomic mass is 19.1. The summed E-state index contributed by atoms with van der Waals surface area (Å²) in [5.41, 5.74) is 6.99. The molecule has 3 atom stereocenters. The van der Waals surface area contributed by atoms with E-state index in [4.69, 9.17) is 11.0 Å². The minimum Gasteiger partial charge on any atom is -0.368 e. The van der Waals surface area contributed by atoms with E-state index in [-0.39, 0.29) is 35.4 Å². The fourth-order valence-electron chi connectivity index (χ4n) is 5.25. The number of aromatic nitrogens is 2. The first-order valence-electron chi connectivity index (χ1n) is 12.3. The lowest BCUT2D eigenvalue weighted by molar-refractivity contribution is -0.126. The Labute approximate surface area is 200 Å². The quantitative estimate of drug-likeness (QED) is 0.678. The van der Waals surface area contributed by atoms with Crippen LogP contribution in [-0.2, 0) is 4.79 Å². The van der Waals surface area contributed by atoms with Crippen LogP contribution in [0, 0.1) is 29.0 Å². The second kappa shape index (κ2) is 10.4. The van der Waals surface area contributed by atoms with Crippen LogP contribution in [0.2, 0.25) is 0 Å². The van der Waals surface area contributed by atoms with Crippen molar-refractivity contribution < 1.29 is 9.18 Å². The molecule has 1 aliphatic carbocycles. The van der Waals surface area contributed by atoms with Gasteiger partial charge in [-0.3, -0.25) is 4.79 Å².